The minimum atomic E-state index is 0.103. The molecule has 1 heterocycles. The van der Waals surface area contributed by atoms with E-state index < -0.39 is 0 Å². The molecule has 1 spiro atoms. The van der Waals surface area contributed by atoms with Gasteiger partial charge in [-0.05, 0) is 37.5 Å². The maximum Gasteiger partial charge on any atom is 0.0814 e. The van der Waals surface area contributed by atoms with Crippen molar-refractivity contribution < 1.29 is 9.84 Å². The summed E-state index contributed by atoms with van der Waals surface area (Å²) in [6.45, 7) is 4.83. The summed E-state index contributed by atoms with van der Waals surface area (Å²) < 4.78 is 6.11. The zero-order valence-electron chi connectivity index (χ0n) is 9.33. The lowest BCUT2D eigenvalue weighted by molar-refractivity contribution is -0.135. The minimum Gasteiger partial charge on any atom is -0.394 e. The van der Waals surface area contributed by atoms with Crippen molar-refractivity contribution in [1.29, 1.82) is 0 Å². The molecule has 2 rings (SSSR count). The second-order valence-electron chi connectivity index (χ2n) is 5.15. The predicted molar refractivity (Wildman–Crippen MR) is 56.1 cm³/mol. The first kappa shape index (κ1) is 10.4. The second kappa shape index (κ2) is 3.82. The number of ether oxygens (including phenoxy) is 1. The summed E-state index contributed by atoms with van der Waals surface area (Å²) in [4.78, 5) is 0. The van der Waals surface area contributed by atoms with E-state index in [0.717, 1.165) is 12.8 Å². The lowest BCUT2D eigenvalue weighted by Crippen LogP contribution is -2.46. The Bertz CT molecular complexity index is 192. The Hall–Kier alpha value is -0.0800. The van der Waals surface area contributed by atoms with Gasteiger partial charge in [-0.15, -0.1) is 0 Å². The quantitative estimate of drug-likeness (QED) is 0.701. The molecule has 2 heteroatoms. The van der Waals surface area contributed by atoms with E-state index in [4.69, 9.17) is 9.84 Å². The van der Waals surface area contributed by atoms with Crippen LogP contribution in [0.25, 0.3) is 0 Å². The van der Waals surface area contributed by atoms with Gasteiger partial charge < -0.3 is 9.84 Å². The predicted octanol–water partition coefficient (Wildman–Crippen LogP) is 2.35. The van der Waals surface area contributed by atoms with Gasteiger partial charge in [-0.1, -0.05) is 20.3 Å². The highest BCUT2D eigenvalue weighted by Gasteiger charge is 2.49. The van der Waals surface area contributed by atoms with Crippen LogP contribution in [0.1, 0.15) is 46.0 Å². The molecular weight excluding hydrogens is 176 g/mol. The highest BCUT2D eigenvalue weighted by molar-refractivity contribution is 4.98. The Labute approximate surface area is 86.6 Å². The van der Waals surface area contributed by atoms with Crippen molar-refractivity contribution in [2.45, 2.75) is 57.7 Å². The molecule has 2 nitrogen and oxygen atoms in total. The molecule has 0 amide bonds. The first-order chi connectivity index (χ1) is 6.69. The SMILES string of the molecule is C[C@@H]1CCC[C@H](C)C12CC[C@@H](CO)O2. The molecule has 2 fully saturated rings. The topological polar surface area (TPSA) is 29.5 Å². The lowest BCUT2D eigenvalue weighted by Gasteiger charge is -2.44. The third kappa shape index (κ3) is 1.49. The van der Waals surface area contributed by atoms with E-state index in [0.29, 0.717) is 11.8 Å². The molecule has 0 aromatic carbocycles. The van der Waals surface area contributed by atoms with Crippen LogP contribution in [0.4, 0.5) is 0 Å². The highest BCUT2D eigenvalue weighted by atomic mass is 16.5. The summed E-state index contributed by atoms with van der Waals surface area (Å²) in [5.74, 6) is 1.34. The maximum atomic E-state index is 9.13. The fourth-order valence-electron chi connectivity index (χ4n) is 3.37. The van der Waals surface area contributed by atoms with E-state index in [-0.39, 0.29) is 18.3 Å². The summed E-state index contributed by atoms with van der Waals surface area (Å²) >= 11 is 0. The van der Waals surface area contributed by atoms with Crippen molar-refractivity contribution in [2.75, 3.05) is 6.61 Å². The Morgan fingerprint density at radius 3 is 2.36 bits per heavy atom. The van der Waals surface area contributed by atoms with E-state index >= 15 is 0 Å². The van der Waals surface area contributed by atoms with Gasteiger partial charge in [0.15, 0.2) is 0 Å². The number of rotatable bonds is 1. The fourth-order valence-corrected chi connectivity index (χ4v) is 3.37. The van der Waals surface area contributed by atoms with Crippen LogP contribution in [-0.4, -0.2) is 23.4 Å². The number of aliphatic hydroxyl groups excluding tert-OH is 1. The zero-order valence-corrected chi connectivity index (χ0v) is 9.33. The van der Waals surface area contributed by atoms with Crippen LogP contribution in [0, 0.1) is 11.8 Å². The van der Waals surface area contributed by atoms with Gasteiger partial charge in [-0.2, -0.15) is 0 Å². The molecule has 2 aliphatic rings. The summed E-state index contributed by atoms with van der Waals surface area (Å²) in [6, 6.07) is 0. The van der Waals surface area contributed by atoms with E-state index in [1.54, 1.807) is 0 Å². The standard InChI is InChI=1S/C12H22O2/c1-9-4-3-5-10(2)12(9)7-6-11(8-13)14-12/h9-11,13H,3-8H2,1-2H3/t9-,10+,11-,12?/m0/s1. The van der Waals surface area contributed by atoms with Crippen molar-refractivity contribution in [3.63, 3.8) is 0 Å². The Morgan fingerprint density at radius 1 is 1.21 bits per heavy atom. The Balaban J connectivity index is 2.12. The van der Waals surface area contributed by atoms with Crippen LogP contribution in [0.2, 0.25) is 0 Å². The molecule has 0 bridgehead atoms. The summed E-state index contributed by atoms with van der Waals surface area (Å²) in [7, 11) is 0. The smallest absolute Gasteiger partial charge is 0.0814 e. The van der Waals surface area contributed by atoms with E-state index in [2.05, 4.69) is 13.8 Å². The van der Waals surface area contributed by atoms with Crippen LogP contribution in [0.5, 0.6) is 0 Å². The molecule has 1 aliphatic heterocycles. The molecule has 1 aliphatic carbocycles. The molecule has 1 unspecified atom stereocenters. The normalized spacial score (nSPS) is 48.6. The summed E-state index contributed by atoms with van der Waals surface area (Å²) in [5, 5.41) is 9.13. The van der Waals surface area contributed by atoms with Crippen LogP contribution < -0.4 is 0 Å². The molecule has 0 aromatic heterocycles. The number of hydrogen-bond donors (Lipinski definition) is 1. The average molecular weight is 198 g/mol. The van der Waals surface area contributed by atoms with Gasteiger partial charge in [-0.25, -0.2) is 0 Å². The van der Waals surface area contributed by atoms with E-state index in [9.17, 15) is 0 Å². The fraction of sp³-hybridized carbons (Fsp3) is 1.00. The summed E-state index contributed by atoms with van der Waals surface area (Å²) in [6.07, 6.45) is 6.24. The first-order valence-electron chi connectivity index (χ1n) is 5.97. The van der Waals surface area contributed by atoms with Crippen molar-refractivity contribution in [1.82, 2.24) is 0 Å². The van der Waals surface area contributed by atoms with E-state index in [1.807, 2.05) is 0 Å². The lowest BCUT2D eigenvalue weighted by atomic mass is 9.68. The van der Waals surface area contributed by atoms with Crippen molar-refractivity contribution in [3.05, 3.63) is 0 Å². The van der Waals surface area contributed by atoms with E-state index in [1.165, 1.54) is 19.3 Å². The molecule has 1 saturated carbocycles. The third-order valence-electron chi connectivity index (χ3n) is 4.39. The number of aliphatic hydroxyl groups is 1. The minimum absolute atomic E-state index is 0.103. The van der Waals surface area contributed by atoms with Gasteiger partial charge in [-0.3, -0.25) is 0 Å². The van der Waals surface area contributed by atoms with Crippen molar-refractivity contribution in [3.8, 4) is 0 Å². The molecular formula is C12H22O2. The van der Waals surface area contributed by atoms with Crippen molar-refractivity contribution in [2.24, 2.45) is 11.8 Å². The van der Waals surface area contributed by atoms with Crippen LogP contribution in [0.15, 0.2) is 0 Å². The largest absolute Gasteiger partial charge is 0.394 e. The van der Waals surface area contributed by atoms with Crippen LogP contribution in [0.3, 0.4) is 0 Å². The Morgan fingerprint density at radius 2 is 1.86 bits per heavy atom. The molecule has 0 radical (unpaired) electrons. The molecule has 1 saturated heterocycles. The maximum absolute atomic E-state index is 9.13. The van der Waals surface area contributed by atoms with Gasteiger partial charge in [0, 0.05) is 0 Å². The van der Waals surface area contributed by atoms with Gasteiger partial charge >= 0.3 is 0 Å². The third-order valence-corrected chi connectivity index (χ3v) is 4.39. The van der Waals surface area contributed by atoms with Gasteiger partial charge in [0.1, 0.15) is 0 Å². The molecule has 82 valence electrons. The molecule has 4 atom stereocenters. The Kier molecular flexibility index (Phi) is 2.85. The highest BCUT2D eigenvalue weighted by Crippen LogP contribution is 2.48. The summed E-state index contributed by atoms with van der Waals surface area (Å²) in [5.41, 5.74) is 0.103. The van der Waals surface area contributed by atoms with Crippen molar-refractivity contribution >= 4 is 0 Å². The molecule has 14 heavy (non-hydrogen) atoms. The van der Waals surface area contributed by atoms with Gasteiger partial charge in [0.05, 0.1) is 18.3 Å². The first-order valence-corrected chi connectivity index (χ1v) is 5.97. The number of hydrogen-bond acceptors (Lipinski definition) is 2. The monoisotopic (exact) mass is 198 g/mol. The van der Waals surface area contributed by atoms with Crippen LogP contribution in [-0.2, 0) is 4.74 Å². The zero-order chi connectivity index (χ0) is 10.2. The van der Waals surface area contributed by atoms with Gasteiger partial charge in [0.2, 0.25) is 0 Å². The average Bonchev–Trinajstić information content (AvgIpc) is 2.60. The molecule has 1 N–H and O–H groups in total. The molecule has 0 aromatic rings. The van der Waals surface area contributed by atoms with Crippen LogP contribution >= 0.6 is 0 Å². The van der Waals surface area contributed by atoms with Gasteiger partial charge in [0.25, 0.3) is 0 Å². The second-order valence-corrected chi connectivity index (χ2v) is 5.15.